The molecule has 2 aromatic rings. The van der Waals surface area contributed by atoms with Crippen molar-refractivity contribution in [1.82, 2.24) is 15.4 Å². The first kappa shape index (κ1) is 20.9. The van der Waals surface area contributed by atoms with Gasteiger partial charge in [-0.3, -0.25) is 0 Å². The molecule has 1 saturated carbocycles. The number of aliphatic hydroxyl groups is 1. The molecule has 1 aliphatic rings. The van der Waals surface area contributed by atoms with Crippen LogP contribution in [0.15, 0.2) is 24.3 Å². The van der Waals surface area contributed by atoms with Gasteiger partial charge in [-0.1, -0.05) is 22.4 Å². The number of hydrogen-bond acceptors (Lipinski definition) is 7. The second-order valence-electron chi connectivity index (χ2n) is 6.63. The predicted molar refractivity (Wildman–Crippen MR) is 92.2 cm³/mol. The van der Waals surface area contributed by atoms with Gasteiger partial charge in [0.15, 0.2) is 0 Å². The Morgan fingerprint density at radius 3 is 2.52 bits per heavy atom. The maximum absolute atomic E-state index is 12.3. The van der Waals surface area contributed by atoms with Crippen molar-refractivity contribution >= 4 is 5.97 Å². The standard InChI is InChI=1S/C18H20F3N3O5/c1-2-27-16(25)14-15(23-24-22-14)28-12-7-9-17(26,10-8-12)11-3-5-13(6-4-11)29-18(19,20)21/h3-6,12,26H,2,7-10H2,1H3,(H,22,23,24). The van der Waals surface area contributed by atoms with E-state index in [9.17, 15) is 23.1 Å². The zero-order chi connectivity index (χ0) is 21.1. The molecule has 1 fully saturated rings. The fraction of sp³-hybridized carbons (Fsp3) is 0.500. The highest BCUT2D eigenvalue weighted by atomic mass is 19.4. The van der Waals surface area contributed by atoms with Crippen LogP contribution >= 0.6 is 0 Å². The first-order chi connectivity index (χ1) is 13.7. The molecule has 0 radical (unpaired) electrons. The van der Waals surface area contributed by atoms with Gasteiger partial charge >= 0.3 is 12.3 Å². The van der Waals surface area contributed by atoms with Crippen molar-refractivity contribution in [3.63, 3.8) is 0 Å². The number of aromatic amines is 1. The highest BCUT2D eigenvalue weighted by Crippen LogP contribution is 2.39. The van der Waals surface area contributed by atoms with E-state index in [0.29, 0.717) is 31.2 Å². The summed E-state index contributed by atoms with van der Waals surface area (Å²) in [5.74, 6) is -0.937. The van der Waals surface area contributed by atoms with Gasteiger partial charge in [0, 0.05) is 0 Å². The van der Waals surface area contributed by atoms with Crippen molar-refractivity contribution in [2.24, 2.45) is 0 Å². The topological polar surface area (TPSA) is 107 Å². The van der Waals surface area contributed by atoms with Gasteiger partial charge in [0.1, 0.15) is 11.9 Å². The Balaban J connectivity index is 1.60. The summed E-state index contributed by atoms with van der Waals surface area (Å²) in [7, 11) is 0. The third kappa shape index (κ3) is 5.17. The molecule has 8 nitrogen and oxygen atoms in total. The average molecular weight is 415 g/mol. The van der Waals surface area contributed by atoms with Crippen LogP contribution in [0.1, 0.15) is 48.7 Å². The van der Waals surface area contributed by atoms with E-state index in [1.165, 1.54) is 24.3 Å². The third-order valence-electron chi connectivity index (χ3n) is 4.66. The van der Waals surface area contributed by atoms with Crippen LogP contribution in [-0.4, -0.2) is 45.6 Å². The zero-order valence-electron chi connectivity index (χ0n) is 15.5. The van der Waals surface area contributed by atoms with Gasteiger partial charge in [0.05, 0.1) is 12.2 Å². The van der Waals surface area contributed by atoms with Crippen LogP contribution in [0.4, 0.5) is 13.2 Å². The van der Waals surface area contributed by atoms with Crippen molar-refractivity contribution in [3.8, 4) is 11.6 Å². The van der Waals surface area contributed by atoms with E-state index in [1.807, 2.05) is 0 Å². The quantitative estimate of drug-likeness (QED) is 0.699. The SMILES string of the molecule is CCOC(=O)c1[nH]nnc1OC1CCC(O)(c2ccc(OC(F)(F)F)cc2)CC1. The molecule has 0 spiro atoms. The summed E-state index contributed by atoms with van der Waals surface area (Å²) < 4.78 is 51.3. The number of H-pyrrole nitrogens is 1. The molecule has 1 aromatic heterocycles. The Hall–Kier alpha value is -2.82. The minimum Gasteiger partial charge on any atom is -0.472 e. The van der Waals surface area contributed by atoms with Crippen LogP contribution in [0.5, 0.6) is 11.6 Å². The van der Waals surface area contributed by atoms with E-state index in [-0.39, 0.29) is 30.0 Å². The Morgan fingerprint density at radius 2 is 1.93 bits per heavy atom. The Kier molecular flexibility index (Phi) is 5.96. The summed E-state index contributed by atoms with van der Waals surface area (Å²) in [6.45, 7) is 1.87. The summed E-state index contributed by atoms with van der Waals surface area (Å²) in [5.41, 5.74) is -0.670. The largest absolute Gasteiger partial charge is 0.573 e. The lowest BCUT2D eigenvalue weighted by Gasteiger charge is -2.36. The van der Waals surface area contributed by atoms with Crippen LogP contribution in [0, 0.1) is 0 Å². The van der Waals surface area contributed by atoms with Crippen molar-refractivity contribution in [2.75, 3.05) is 6.61 Å². The first-order valence-electron chi connectivity index (χ1n) is 9.03. The number of halogens is 3. The minimum absolute atomic E-state index is 0.0212. The van der Waals surface area contributed by atoms with Gasteiger partial charge in [0.25, 0.3) is 5.88 Å². The fourth-order valence-electron chi connectivity index (χ4n) is 3.24. The lowest BCUT2D eigenvalue weighted by Crippen LogP contribution is -2.35. The van der Waals surface area contributed by atoms with Crippen molar-refractivity contribution < 1.29 is 37.3 Å². The number of alkyl halides is 3. The summed E-state index contributed by atoms with van der Waals surface area (Å²) in [6, 6.07) is 5.17. The molecule has 0 unspecified atom stereocenters. The molecule has 1 aromatic carbocycles. The molecular formula is C18H20F3N3O5. The highest BCUT2D eigenvalue weighted by molar-refractivity contribution is 5.89. The number of esters is 1. The highest BCUT2D eigenvalue weighted by Gasteiger charge is 2.37. The second kappa shape index (κ2) is 8.27. The van der Waals surface area contributed by atoms with E-state index in [1.54, 1.807) is 6.92 Å². The number of nitrogens with zero attached hydrogens (tertiary/aromatic N) is 2. The normalized spacial score (nSPS) is 22.2. The van der Waals surface area contributed by atoms with Gasteiger partial charge in [-0.2, -0.15) is 0 Å². The number of benzene rings is 1. The van der Waals surface area contributed by atoms with Crippen LogP contribution in [0.2, 0.25) is 0 Å². The monoisotopic (exact) mass is 415 g/mol. The first-order valence-corrected chi connectivity index (χ1v) is 9.03. The van der Waals surface area contributed by atoms with Gasteiger partial charge in [-0.05, 0) is 50.3 Å². The summed E-state index contributed by atoms with van der Waals surface area (Å²) in [4.78, 5) is 11.8. The number of carbonyl (C=O) groups excluding carboxylic acids is 1. The molecule has 1 heterocycles. The number of ether oxygens (including phenoxy) is 3. The van der Waals surface area contributed by atoms with Crippen molar-refractivity contribution in [1.29, 1.82) is 0 Å². The summed E-state index contributed by atoms with van der Waals surface area (Å²) >= 11 is 0. The predicted octanol–water partition coefficient (Wildman–Crippen LogP) is 3.09. The molecule has 2 N–H and O–H groups in total. The number of carbonyl (C=O) groups is 1. The second-order valence-corrected chi connectivity index (χ2v) is 6.63. The van der Waals surface area contributed by atoms with Crippen LogP contribution in [0.3, 0.4) is 0 Å². The molecule has 29 heavy (non-hydrogen) atoms. The van der Waals surface area contributed by atoms with Crippen molar-refractivity contribution in [3.05, 3.63) is 35.5 Å². The molecule has 0 atom stereocenters. The van der Waals surface area contributed by atoms with E-state index in [0.717, 1.165) is 0 Å². The summed E-state index contributed by atoms with van der Waals surface area (Å²) in [6.07, 6.45) is -3.52. The Labute approximate surface area is 164 Å². The zero-order valence-corrected chi connectivity index (χ0v) is 15.5. The molecule has 3 rings (SSSR count). The van der Waals surface area contributed by atoms with Gasteiger partial charge in [-0.25, -0.2) is 9.89 Å². The maximum Gasteiger partial charge on any atom is 0.573 e. The molecule has 158 valence electrons. The van der Waals surface area contributed by atoms with Crippen molar-refractivity contribution in [2.45, 2.75) is 50.7 Å². The van der Waals surface area contributed by atoms with Crippen LogP contribution in [-0.2, 0) is 10.3 Å². The van der Waals surface area contributed by atoms with Gasteiger partial charge in [0.2, 0.25) is 5.69 Å². The third-order valence-corrected chi connectivity index (χ3v) is 4.66. The van der Waals surface area contributed by atoms with Crippen LogP contribution in [0.25, 0.3) is 0 Å². The van der Waals surface area contributed by atoms with E-state index in [4.69, 9.17) is 9.47 Å². The Morgan fingerprint density at radius 1 is 1.28 bits per heavy atom. The van der Waals surface area contributed by atoms with Gasteiger partial charge < -0.3 is 19.3 Å². The Bertz CT molecular complexity index is 830. The lowest BCUT2D eigenvalue weighted by molar-refractivity contribution is -0.274. The number of rotatable bonds is 6. The molecule has 0 bridgehead atoms. The molecular weight excluding hydrogens is 395 g/mol. The molecule has 0 amide bonds. The molecule has 11 heteroatoms. The van der Waals surface area contributed by atoms with E-state index < -0.39 is 17.9 Å². The maximum atomic E-state index is 12.3. The van der Waals surface area contributed by atoms with E-state index in [2.05, 4.69) is 20.1 Å². The van der Waals surface area contributed by atoms with Crippen LogP contribution < -0.4 is 9.47 Å². The molecule has 0 aliphatic heterocycles. The fourth-order valence-corrected chi connectivity index (χ4v) is 3.24. The molecule has 0 saturated heterocycles. The van der Waals surface area contributed by atoms with Gasteiger partial charge in [-0.15, -0.1) is 13.2 Å². The number of hydrogen-bond donors (Lipinski definition) is 2. The van der Waals surface area contributed by atoms with E-state index >= 15 is 0 Å². The lowest BCUT2D eigenvalue weighted by atomic mass is 9.78. The number of aromatic nitrogens is 3. The molecule has 1 aliphatic carbocycles. The summed E-state index contributed by atoms with van der Waals surface area (Å²) in [5, 5.41) is 20.6. The minimum atomic E-state index is -4.77. The smallest absolute Gasteiger partial charge is 0.472 e. The number of nitrogens with one attached hydrogen (secondary N) is 1. The average Bonchev–Trinajstić information content (AvgIpc) is 3.11.